The molecule has 0 aromatic heterocycles. The fourth-order valence-corrected chi connectivity index (χ4v) is 2.92. The highest BCUT2D eigenvalue weighted by Gasteiger charge is 2.26. The molecule has 0 spiro atoms. The molecule has 19 heavy (non-hydrogen) atoms. The standard InChI is InChI=1S/C12H25N3O3S/c1-4-5-6-12(16)15-9-7-11(8-10-15)13-19(17,18)14(2)3/h11,13H,4-10H2,1-3H3. The zero-order valence-electron chi connectivity index (χ0n) is 12.1. The van der Waals surface area contributed by atoms with Crippen LogP contribution in [0, 0.1) is 0 Å². The molecular formula is C12H25N3O3S. The van der Waals surface area contributed by atoms with Gasteiger partial charge in [-0.2, -0.15) is 17.4 Å². The van der Waals surface area contributed by atoms with Gasteiger partial charge in [0, 0.05) is 39.6 Å². The minimum Gasteiger partial charge on any atom is -0.343 e. The number of hydrogen-bond acceptors (Lipinski definition) is 3. The van der Waals surface area contributed by atoms with Crippen LogP contribution in [0.1, 0.15) is 39.0 Å². The van der Waals surface area contributed by atoms with Crippen LogP contribution in [0.2, 0.25) is 0 Å². The van der Waals surface area contributed by atoms with Crippen LogP contribution in [0.15, 0.2) is 0 Å². The summed E-state index contributed by atoms with van der Waals surface area (Å²) in [7, 11) is -0.358. The van der Waals surface area contributed by atoms with Crippen molar-refractivity contribution in [3.63, 3.8) is 0 Å². The summed E-state index contributed by atoms with van der Waals surface area (Å²) >= 11 is 0. The van der Waals surface area contributed by atoms with Gasteiger partial charge in [0.15, 0.2) is 0 Å². The number of hydrogen-bond donors (Lipinski definition) is 1. The van der Waals surface area contributed by atoms with Crippen LogP contribution < -0.4 is 4.72 Å². The first kappa shape index (κ1) is 16.4. The lowest BCUT2D eigenvalue weighted by Crippen LogP contribution is -2.49. The van der Waals surface area contributed by atoms with Gasteiger partial charge in [0.05, 0.1) is 0 Å². The molecule has 1 aliphatic heterocycles. The number of amides is 1. The number of rotatable bonds is 6. The first-order valence-electron chi connectivity index (χ1n) is 6.84. The van der Waals surface area contributed by atoms with E-state index in [0.717, 1.165) is 12.8 Å². The molecule has 1 heterocycles. The maximum absolute atomic E-state index is 11.8. The lowest BCUT2D eigenvalue weighted by atomic mass is 10.1. The Labute approximate surface area is 116 Å². The molecule has 1 rings (SSSR count). The van der Waals surface area contributed by atoms with Crippen LogP contribution in [0.25, 0.3) is 0 Å². The molecule has 1 aliphatic rings. The van der Waals surface area contributed by atoms with Crippen LogP contribution in [0.4, 0.5) is 0 Å². The minimum atomic E-state index is -3.37. The predicted molar refractivity (Wildman–Crippen MR) is 74.9 cm³/mol. The third-order valence-electron chi connectivity index (χ3n) is 3.39. The highest BCUT2D eigenvalue weighted by molar-refractivity contribution is 7.87. The summed E-state index contributed by atoms with van der Waals surface area (Å²) in [5.74, 6) is 0.191. The highest BCUT2D eigenvalue weighted by Crippen LogP contribution is 2.13. The third-order valence-corrected chi connectivity index (χ3v) is 4.98. The van der Waals surface area contributed by atoms with Crippen molar-refractivity contribution in [3.8, 4) is 0 Å². The van der Waals surface area contributed by atoms with Crippen molar-refractivity contribution in [1.82, 2.24) is 13.9 Å². The molecule has 1 fully saturated rings. The molecule has 7 heteroatoms. The van der Waals surface area contributed by atoms with Gasteiger partial charge < -0.3 is 4.90 Å². The maximum atomic E-state index is 11.8. The van der Waals surface area contributed by atoms with Gasteiger partial charge in [-0.15, -0.1) is 0 Å². The molecular weight excluding hydrogens is 266 g/mol. The monoisotopic (exact) mass is 291 g/mol. The average Bonchev–Trinajstić information content (AvgIpc) is 2.36. The maximum Gasteiger partial charge on any atom is 0.279 e. The summed E-state index contributed by atoms with van der Waals surface area (Å²) in [6, 6.07) is -0.0670. The highest BCUT2D eigenvalue weighted by atomic mass is 32.2. The molecule has 1 amide bonds. The molecule has 1 saturated heterocycles. The molecule has 1 N–H and O–H groups in total. The van der Waals surface area contributed by atoms with Crippen LogP contribution >= 0.6 is 0 Å². The summed E-state index contributed by atoms with van der Waals surface area (Å²) in [6.45, 7) is 3.35. The third kappa shape index (κ3) is 5.08. The molecule has 6 nitrogen and oxygen atoms in total. The number of unbranched alkanes of at least 4 members (excludes halogenated alkanes) is 1. The minimum absolute atomic E-state index is 0.0670. The van der Waals surface area contributed by atoms with Gasteiger partial charge in [0.25, 0.3) is 10.2 Å². The van der Waals surface area contributed by atoms with Gasteiger partial charge in [0.2, 0.25) is 5.91 Å². The Kier molecular flexibility index (Phi) is 6.22. The van der Waals surface area contributed by atoms with Gasteiger partial charge >= 0.3 is 0 Å². The van der Waals surface area contributed by atoms with Crippen molar-refractivity contribution in [1.29, 1.82) is 0 Å². The van der Waals surface area contributed by atoms with Crippen molar-refractivity contribution in [3.05, 3.63) is 0 Å². The second-order valence-electron chi connectivity index (χ2n) is 5.16. The van der Waals surface area contributed by atoms with E-state index in [-0.39, 0.29) is 11.9 Å². The lowest BCUT2D eigenvalue weighted by molar-refractivity contribution is -0.132. The van der Waals surface area contributed by atoms with E-state index in [9.17, 15) is 13.2 Å². The van der Waals surface area contributed by atoms with E-state index < -0.39 is 10.2 Å². The van der Waals surface area contributed by atoms with Gasteiger partial charge in [-0.05, 0) is 19.3 Å². The van der Waals surface area contributed by atoms with E-state index in [1.54, 1.807) is 0 Å². The Morgan fingerprint density at radius 3 is 2.37 bits per heavy atom. The first-order chi connectivity index (χ1) is 8.86. The van der Waals surface area contributed by atoms with Crippen LogP contribution in [0.5, 0.6) is 0 Å². The molecule has 112 valence electrons. The normalized spacial score (nSPS) is 18.0. The summed E-state index contributed by atoms with van der Waals surface area (Å²) in [6.07, 6.45) is 3.91. The van der Waals surface area contributed by atoms with E-state index in [4.69, 9.17) is 0 Å². The molecule has 0 unspecified atom stereocenters. The fourth-order valence-electron chi connectivity index (χ4n) is 2.05. The Balaban J connectivity index is 2.39. The zero-order valence-corrected chi connectivity index (χ0v) is 12.9. The quantitative estimate of drug-likeness (QED) is 0.777. The van der Waals surface area contributed by atoms with E-state index in [2.05, 4.69) is 11.6 Å². The zero-order chi connectivity index (χ0) is 14.5. The molecule has 0 saturated carbocycles. The number of carbonyl (C=O) groups excluding carboxylic acids is 1. The fraction of sp³-hybridized carbons (Fsp3) is 0.917. The Morgan fingerprint density at radius 1 is 1.32 bits per heavy atom. The van der Waals surface area contributed by atoms with Gasteiger partial charge in [-0.3, -0.25) is 4.79 Å². The molecule has 0 aliphatic carbocycles. The van der Waals surface area contributed by atoms with Crippen LogP contribution in [-0.2, 0) is 15.0 Å². The van der Waals surface area contributed by atoms with E-state index in [1.165, 1.54) is 18.4 Å². The van der Waals surface area contributed by atoms with Crippen LogP contribution in [0.3, 0.4) is 0 Å². The summed E-state index contributed by atoms with van der Waals surface area (Å²) in [4.78, 5) is 13.7. The van der Waals surface area contributed by atoms with Gasteiger partial charge in [0.1, 0.15) is 0 Å². The SMILES string of the molecule is CCCCC(=O)N1CCC(NS(=O)(=O)N(C)C)CC1. The van der Waals surface area contributed by atoms with Gasteiger partial charge in [-0.1, -0.05) is 13.3 Å². The van der Waals surface area contributed by atoms with Gasteiger partial charge in [-0.25, -0.2) is 0 Å². The van der Waals surface area contributed by atoms with Crippen molar-refractivity contribution < 1.29 is 13.2 Å². The first-order valence-corrected chi connectivity index (χ1v) is 8.28. The summed E-state index contributed by atoms with van der Waals surface area (Å²) in [5, 5.41) is 0. The number of piperidine rings is 1. The number of nitrogens with one attached hydrogen (secondary N) is 1. The second kappa shape index (κ2) is 7.21. The molecule has 0 atom stereocenters. The molecule has 0 radical (unpaired) electrons. The number of carbonyl (C=O) groups is 1. The molecule has 0 bridgehead atoms. The second-order valence-corrected chi connectivity index (χ2v) is 7.08. The lowest BCUT2D eigenvalue weighted by Gasteiger charge is -2.32. The van der Waals surface area contributed by atoms with E-state index in [0.29, 0.717) is 32.4 Å². The predicted octanol–water partition coefficient (Wildman–Crippen LogP) is 0.564. The summed E-state index contributed by atoms with van der Waals surface area (Å²) in [5.41, 5.74) is 0. The van der Waals surface area contributed by atoms with E-state index in [1.807, 2.05) is 4.90 Å². The largest absolute Gasteiger partial charge is 0.343 e. The molecule has 0 aromatic carbocycles. The Morgan fingerprint density at radius 2 is 1.89 bits per heavy atom. The van der Waals surface area contributed by atoms with Crippen LogP contribution in [-0.4, -0.2) is 56.8 Å². The Bertz CT molecular complexity index is 387. The van der Waals surface area contributed by atoms with E-state index >= 15 is 0 Å². The van der Waals surface area contributed by atoms with Crippen molar-refractivity contribution >= 4 is 16.1 Å². The van der Waals surface area contributed by atoms with Crippen molar-refractivity contribution in [2.75, 3.05) is 27.2 Å². The number of likely N-dealkylation sites (tertiary alicyclic amines) is 1. The summed E-state index contributed by atoms with van der Waals surface area (Å²) < 4.78 is 27.2. The van der Waals surface area contributed by atoms with Crippen molar-refractivity contribution in [2.24, 2.45) is 0 Å². The van der Waals surface area contributed by atoms with Crippen molar-refractivity contribution in [2.45, 2.75) is 45.1 Å². The average molecular weight is 291 g/mol. The molecule has 0 aromatic rings. The Hall–Kier alpha value is -0.660. The smallest absolute Gasteiger partial charge is 0.279 e. The number of nitrogens with zero attached hydrogens (tertiary/aromatic N) is 2. The topological polar surface area (TPSA) is 69.7 Å².